The van der Waals surface area contributed by atoms with Crippen molar-refractivity contribution >= 4 is 17.7 Å². The number of aryl methyl sites for hydroxylation is 1. The van der Waals surface area contributed by atoms with Crippen molar-refractivity contribution in [3.8, 4) is 0 Å². The third kappa shape index (κ3) is 3.56. The van der Waals surface area contributed by atoms with Crippen LogP contribution in [0.15, 0.2) is 28.2 Å². The van der Waals surface area contributed by atoms with Crippen LogP contribution in [0.1, 0.15) is 83.7 Å². The Labute approximate surface area is 201 Å². The number of hydrogen-bond donors (Lipinski definition) is 0. The first-order valence-corrected chi connectivity index (χ1v) is 12.7. The molecule has 0 N–H and O–H groups in total. The topological polar surface area (TPSA) is 82.8 Å². The minimum absolute atomic E-state index is 0.00793. The quantitative estimate of drug-likeness (QED) is 0.443. The van der Waals surface area contributed by atoms with E-state index in [-0.39, 0.29) is 53.2 Å². The highest BCUT2D eigenvalue weighted by atomic mass is 16.5. The summed E-state index contributed by atoms with van der Waals surface area (Å²) in [7, 11) is 0. The maximum absolute atomic E-state index is 13.2. The van der Waals surface area contributed by atoms with Gasteiger partial charge in [-0.25, -0.2) is 0 Å². The molecule has 4 aliphatic carbocycles. The largest absolute Gasteiger partial charge is 0.466 e. The highest BCUT2D eigenvalue weighted by Crippen LogP contribution is 2.67. The fourth-order valence-corrected chi connectivity index (χ4v) is 8.07. The summed E-state index contributed by atoms with van der Waals surface area (Å²) in [5.41, 5.74) is 0.583. The van der Waals surface area contributed by atoms with E-state index in [0.29, 0.717) is 25.0 Å². The third-order valence-electron chi connectivity index (χ3n) is 9.48. The zero-order chi connectivity index (χ0) is 24.4. The van der Waals surface area contributed by atoms with E-state index < -0.39 is 5.41 Å². The maximum atomic E-state index is 13.2. The molecule has 8 atom stereocenters. The third-order valence-corrected chi connectivity index (χ3v) is 9.48. The summed E-state index contributed by atoms with van der Waals surface area (Å²) >= 11 is 0. The maximum Gasteiger partial charge on any atom is 0.302 e. The van der Waals surface area contributed by atoms with E-state index in [1.54, 1.807) is 0 Å². The van der Waals surface area contributed by atoms with E-state index >= 15 is 0 Å². The van der Waals surface area contributed by atoms with E-state index in [2.05, 4.69) is 19.9 Å². The Balaban J connectivity index is 1.66. The minimum Gasteiger partial charge on any atom is -0.466 e. The molecule has 5 rings (SSSR count). The lowest BCUT2D eigenvalue weighted by Gasteiger charge is -2.60. The summed E-state index contributed by atoms with van der Waals surface area (Å²) < 4.78 is 17.8. The number of fused-ring (bicyclic) bond motifs is 5. The molecule has 0 aromatic carbocycles. The Morgan fingerprint density at radius 2 is 1.79 bits per heavy atom. The number of hydrogen-bond acceptors (Lipinski definition) is 6. The second kappa shape index (κ2) is 8.10. The number of Topliss-reactive ketones (excluding diaryl/α,β-unsaturated/α-hetero) is 1. The van der Waals surface area contributed by atoms with E-state index in [9.17, 15) is 14.4 Å². The summed E-state index contributed by atoms with van der Waals surface area (Å²) in [5, 5.41) is 0. The standard InChI is InChI=1S/C28H36O6/c1-15-6-8-22(32-15)20-13-18-12-19(33-16(2)29)10-11-27(18,4)26-23(34-17(3)30)14-28(5)21(25(20)26)7-9-24(28)31/h6,8,13,19-21,23,25-26H,7,9-12,14H2,1-5H3/t19-,20-,21-,23+,25-,26?,27-,28-/m0/s1. The minimum atomic E-state index is -0.488. The lowest BCUT2D eigenvalue weighted by Crippen LogP contribution is -2.59. The number of carbonyl (C=O) groups is 3. The smallest absolute Gasteiger partial charge is 0.302 e. The predicted molar refractivity (Wildman–Crippen MR) is 125 cm³/mol. The van der Waals surface area contributed by atoms with Gasteiger partial charge in [0.2, 0.25) is 0 Å². The molecule has 1 heterocycles. The molecule has 0 aliphatic heterocycles. The molecule has 3 fully saturated rings. The summed E-state index contributed by atoms with van der Waals surface area (Å²) in [4.78, 5) is 37.1. The van der Waals surface area contributed by atoms with Gasteiger partial charge >= 0.3 is 11.9 Å². The SMILES string of the molecule is CC(=O)O[C@H]1CC[C@@]2(C)C(=C[C@@H](c3ccc(C)o3)[C@@H]3C2[C@H](OC(C)=O)C[C@]2(C)C(=O)CC[C@@H]32)C1. The monoisotopic (exact) mass is 468 g/mol. The van der Waals surface area contributed by atoms with Gasteiger partial charge in [-0.2, -0.15) is 0 Å². The second-order valence-electron chi connectivity index (χ2n) is 11.5. The highest BCUT2D eigenvalue weighted by molar-refractivity contribution is 5.87. The molecule has 6 nitrogen and oxygen atoms in total. The molecule has 0 radical (unpaired) electrons. The summed E-state index contributed by atoms with van der Waals surface area (Å²) in [5.74, 6) is 1.93. The van der Waals surface area contributed by atoms with E-state index in [4.69, 9.17) is 13.9 Å². The number of rotatable bonds is 3. The Hall–Kier alpha value is -2.37. The predicted octanol–water partition coefficient (Wildman–Crippen LogP) is 5.29. The van der Waals surface area contributed by atoms with Crippen molar-refractivity contribution in [2.24, 2.45) is 28.6 Å². The van der Waals surface area contributed by atoms with Crippen LogP contribution in [0, 0.1) is 35.5 Å². The first-order chi connectivity index (χ1) is 16.0. The molecule has 3 saturated carbocycles. The molecule has 1 unspecified atom stereocenters. The van der Waals surface area contributed by atoms with Gasteiger partial charge in [0.15, 0.2) is 0 Å². The van der Waals surface area contributed by atoms with E-state index in [1.807, 2.05) is 19.1 Å². The molecular formula is C28H36O6. The van der Waals surface area contributed by atoms with Gasteiger partial charge in [0.05, 0.1) is 0 Å². The summed E-state index contributed by atoms with van der Waals surface area (Å²) in [6.45, 7) is 9.25. The molecule has 1 aromatic rings. The van der Waals surface area contributed by atoms with Crippen LogP contribution in [-0.4, -0.2) is 29.9 Å². The first kappa shape index (κ1) is 23.4. The lowest BCUT2D eigenvalue weighted by atomic mass is 9.45. The number of ketones is 1. The molecule has 0 amide bonds. The number of furan rings is 1. The van der Waals surface area contributed by atoms with E-state index in [0.717, 1.165) is 30.8 Å². The molecule has 0 bridgehead atoms. The lowest BCUT2D eigenvalue weighted by molar-refractivity contribution is -0.176. The van der Waals surface area contributed by atoms with Crippen LogP contribution in [0.4, 0.5) is 0 Å². The van der Waals surface area contributed by atoms with Gasteiger partial charge in [-0.1, -0.05) is 25.5 Å². The number of allylic oxidation sites excluding steroid dienone is 1. The van der Waals surface area contributed by atoms with Crippen molar-refractivity contribution in [3.63, 3.8) is 0 Å². The van der Waals surface area contributed by atoms with E-state index in [1.165, 1.54) is 19.4 Å². The average molecular weight is 469 g/mol. The van der Waals surface area contributed by atoms with Crippen molar-refractivity contribution in [1.82, 2.24) is 0 Å². The molecule has 0 spiro atoms. The van der Waals surface area contributed by atoms with Gasteiger partial charge in [0.25, 0.3) is 0 Å². The Morgan fingerprint density at radius 3 is 2.44 bits per heavy atom. The van der Waals surface area contributed by atoms with Gasteiger partial charge in [-0.05, 0) is 62.0 Å². The van der Waals surface area contributed by atoms with Crippen LogP contribution in [0.25, 0.3) is 0 Å². The number of ether oxygens (including phenoxy) is 2. The van der Waals surface area contributed by atoms with Gasteiger partial charge in [0, 0.05) is 43.9 Å². The number of carbonyl (C=O) groups excluding carboxylic acids is 3. The number of esters is 2. The fraction of sp³-hybridized carbons (Fsp3) is 0.679. The van der Waals surface area contributed by atoms with Crippen LogP contribution in [0.5, 0.6) is 0 Å². The molecule has 4 aliphatic rings. The summed E-state index contributed by atoms with van der Waals surface area (Å²) in [6.07, 6.45) is 6.24. The van der Waals surface area contributed by atoms with Crippen molar-refractivity contribution in [2.45, 2.75) is 91.3 Å². The molecule has 34 heavy (non-hydrogen) atoms. The van der Waals surface area contributed by atoms with Crippen molar-refractivity contribution in [2.75, 3.05) is 0 Å². The first-order valence-electron chi connectivity index (χ1n) is 12.7. The van der Waals surface area contributed by atoms with Crippen LogP contribution < -0.4 is 0 Å². The summed E-state index contributed by atoms with van der Waals surface area (Å²) in [6, 6.07) is 4.04. The van der Waals surface area contributed by atoms with Crippen LogP contribution in [0.2, 0.25) is 0 Å². The molecule has 6 heteroatoms. The van der Waals surface area contributed by atoms with Crippen LogP contribution >= 0.6 is 0 Å². The van der Waals surface area contributed by atoms with Crippen molar-refractivity contribution < 1.29 is 28.3 Å². The second-order valence-corrected chi connectivity index (χ2v) is 11.5. The van der Waals surface area contributed by atoms with Gasteiger partial charge in [-0.3, -0.25) is 14.4 Å². The fourth-order valence-electron chi connectivity index (χ4n) is 8.07. The van der Waals surface area contributed by atoms with Gasteiger partial charge < -0.3 is 13.9 Å². The van der Waals surface area contributed by atoms with Crippen LogP contribution in [-0.2, 0) is 23.9 Å². The molecular weight excluding hydrogens is 432 g/mol. The zero-order valence-electron chi connectivity index (χ0n) is 20.9. The van der Waals surface area contributed by atoms with Crippen molar-refractivity contribution in [3.05, 3.63) is 35.3 Å². The Morgan fingerprint density at radius 1 is 1.06 bits per heavy atom. The zero-order valence-corrected chi connectivity index (χ0v) is 20.9. The average Bonchev–Trinajstić information content (AvgIpc) is 3.30. The molecule has 184 valence electrons. The Bertz CT molecular complexity index is 1050. The Kier molecular flexibility index (Phi) is 5.57. The highest BCUT2D eigenvalue weighted by Gasteiger charge is 2.65. The normalized spacial score (nSPS) is 41.1. The van der Waals surface area contributed by atoms with Crippen LogP contribution in [0.3, 0.4) is 0 Å². The van der Waals surface area contributed by atoms with Gasteiger partial charge in [0.1, 0.15) is 29.5 Å². The molecule has 0 saturated heterocycles. The van der Waals surface area contributed by atoms with Crippen molar-refractivity contribution in [1.29, 1.82) is 0 Å². The molecule has 1 aromatic heterocycles. The van der Waals surface area contributed by atoms with Gasteiger partial charge in [-0.15, -0.1) is 0 Å².